The fraction of sp³-hybridized carbons (Fsp3) is 0.375. The molecule has 0 fully saturated rings. The van der Waals surface area contributed by atoms with Crippen molar-refractivity contribution >= 4 is 5.82 Å². The van der Waals surface area contributed by atoms with Gasteiger partial charge < -0.3 is 10.1 Å². The molecule has 0 aliphatic carbocycles. The summed E-state index contributed by atoms with van der Waals surface area (Å²) in [5.41, 5.74) is 3.47. The van der Waals surface area contributed by atoms with Crippen LogP contribution in [0.1, 0.15) is 29.4 Å². The Morgan fingerprint density at radius 3 is 2.45 bits per heavy atom. The van der Waals surface area contributed by atoms with Gasteiger partial charge in [-0.1, -0.05) is 19.1 Å². The number of hydrogen-bond donors (Lipinski definition) is 1. The maximum absolute atomic E-state index is 6.01. The molecular weight excluding hydrogens is 250 g/mol. The number of anilines is 1. The number of ether oxygens (including phenoxy) is 1. The highest BCUT2D eigenvalue weighted by atomic mass is 16.5. The Bertz CT molecular complexity index is 601. The van der Waals surface area contributed by atoms with E-state index in [2.05, 4.69) is 41.3 Å². The first-order valence-corrected chi connectivity index (χ1v) is 6.85. The molecule has 0 aliphatic rings. The van der Waals surface area contributed by atoms with Crippen LogP contribution in [0, 0.1) is 20.8 Å². The van der Waals surface area contributed by atoms with E-state index in [1.807, 2.05) is 27.0 Å². The molecule has 0 saturated heterocycles. The number of benzene rings is 1. The molecule has 2 rings (SSSR count). The lowest BCUT2D eigenvalue weighted by Crippen LogP contribution is -2.02. The average Bonchev–Trinajstić information content (AvgIpc) is 2.47. The third-order valence-corrected chi connectivity index (χ3v) is 3.40. The van der Waals surface area contributed by atoms with Crippen LogP contribution in [0.4, 0.5) is 5.82 Å². The van der Waals surface area contributed by atoms with Gasteiger partial charge in [0.2, 0.25) is 5.88 Å². The second-order valence-electron chi connectivity index (χ2n) is 4.87. The summed E-state index contributed by atoms with van der Waals surface area (Å²) in [6.45, 7) is 8.22. The van der Waals surface area contributed by atoms with E-state index < -0.39 is 0 Å². The molecule has 0 bridgehead atoms. The second-order valence-corrected chi connectivity index (χ2v) is 4.87. The van der Waals surface area contributed by atoms with Crippen LogP contribution in [0.25, 0.3) is 0 Å². The molecule has 1 aromatic carbocycles. The van der Waals surface area contributed by atoms with Gasteiger partial charge in [0.15, 0.2) is 0 Å². The van der Waals surface area contributed by atoms with Crippen molar-refractivity contribution in [3.8, 4) is 11.6 Å². The predicted molar refractivity (Wildman–Crippen MR) is 81.7 cm³/mol. The Balaban J connectivity index is 2.42. The molecule has 4 heteroatoms. The molecule has 1 heterocycles. The molecule has 0 spiro atoms. The standard InChI is InChI=1S/C16H21N3O/c1-6-13-18-14(17-5)9-15(19-13)20-16-11(3)8-7-10(2)12(16)4/h7-9H,6H2,1-5H3,(H,17,18,19). The fourth-order valence-electron chi connectivity index (χ4n) is 2.00. The summed E-state index contributed by atoms with van der Waals surface area (Å²) in [7, 11) is 1.84. The van der Waals surface area contributed by atoms with E-state index in [0.717, 1.165) is 34.9 Å². The number of aryl methyl sites for hydroxylation is 3. The first-order valence-electron chi connectivity index (χ1n) is 6.85. The zero-order valence-electron chi connectivity index (χ0n) is 12.7. The van der Waals surface area contributed by atoms with Crippen LogP contribution in [0.3, 0.4) is 0 Å². The molecule has 0 unspecified atom stereocenters. The van der Waals surface area contributed by atoms with Crippen molar-refractivity contribution in [2.24, 2.45) is 0 Å². The van der Waals surface area contributed by atoms with Gasteiger partial charge in [-0.15, -0.1) is 0 Å². The molecule has 106 valence electrons. The predicted octanol–water partition coefficient (Wildman–Crippen LogP) is 3.80. The minimum atomic E-state index is 0.581. The maximum atomic E-state index is 6.01. The van der Waals surface area contributed by atoms with Gasteiger partial charge in [-0.25, -0.2) is 4.98 Å². The van der Waals surface area contributed by atoms with Gasteiger partial charge in [-0.05, 0) is 37.5 Å². The Labute approximate surface area is 120 Å². The zero-order valence-corrected chi connectivity index (χ0v) is 12.7. The summed E-state index contributed by atoms with van der Waals surface area (Å²) < 4.78 is 6.01. The van der Waals surface area contributed by atoms with Gasteiger partial charge in [-0.2, -0.15) is 4.98 Å². The maximum Gasteiger partial charge on any atom is 0.224 e. The van der Waals surface area contributed by atoms with Gasteiger partial charge in [0.1, 0.15) is 17.4 Å². The quantitative estimate of drug-likeness (QED) is 0.918. The first kappa shape index (κ1) is 14.3. The van der Waals surface area contributed by atoms with Crippen molar-refractivity contribution in [1.82, 2.24) is 9.97 Å². The number of nitrogens with zero attached hydrogens (tertiary/aromatic N) is 2. The minimum Gasteiger partial charge on any atom is -0.438 e. The summed E-state index contributed by atoms with van der Waals surface area (Å²) in [5.74, 6) is 3.01. The molecule has 0 radical (unpaired) electrons. The molecular formula is C16H21N3O. The number of hydrogen-bond acceptors (Lipinski definition) is 4. The largest absolute Gasteiger partial charge is 0.438 e. The highest BCUT2D eigenvalue weighted by Crippen LogP contribution is 2.30. The van der Waals surface area contributed by atoms with E-state index in [4.69, 9.17) is 4.74 Å². The number of aromatic nitrogens is 2. The molecule has 0 atom stereocenters. The minimum absolute atomic E-state index is 0.581. The summed E-state index contributed by atoms with van der Waals surface area (Å²) in [5, 5.41) is 3.04. The molecule has 0 aliphatic heterocycles. The Kier molecular flexibility index (Phi) is 4.23. The van der Waals surface area contributed by atoms with Crippen molar-refractivity contribution in [2.45, 2.75) is 34.1 Å². The van der Waals surface area contributed by atoms with E-state index >= 15 is 0 Å². The number of rotatable bonds is 4. The van der Waals surface area contributed by atoms with Gasteiger partial charge in [0.25, 0.3) is 0 Å². The second kappa shape index (κ2) is 5.90. The van der Waals surface area contributed by atoms with Crippen LogP contribution in [-0.2, 0) is 6.42 Å². The summed E-state index contributed by atoms with van der Waals surface area (Å²) in [4.78, 5) is 8.81. The third-order valence-electron chi connectivity index (χ3n) is 3.40. The highest BCUT2D eigenvalue weighted by molar-refractivity contribution is 5.47. The van der Waals surface area contributed by atoms with Crippen LogP contribution in [-0.4, -0.2) is 17.0 Å². The molecule has 1 N–H and O–H groups in total. The van der Waals surface area contributed by atoms with E-state index in [0.29, 0.717) is 5.88 Å². The molecule has 1 aromatic heterocycles. The van der Waals surface area contributed by atoms with Crippen LogP contribution < -0.4 is 10.1 Å². The van der Waals surface area contributed by atoms with Gasteiger partial charge >= 0.3 is 0 Å². The van der Waals surface area contributed by atoms with Crippen LogP contribution in [0.5, 0.6) is 11.6 Å². The number of nitrogens with one attached hydrogen (secondary N) is 1. The summed E-state index contributed by atoms with van der Waals surface area (Å²) in [6, 6.07) is 5.99. The Hall–Kier alpha value is -2.10. The van der Waals surface area contributed by atoms with Crippen molar-refractivity contribution in [3.63, 3.8) is 0 Å². The zero-order chi connectivity index (χ0) is 14.7. The lowest BCUT2D eigenvalue weighted by atomic mass is 10.1. The first-order chi connectivity index (χ1) is 9.55. The van der Waals surface area contributed by atoms with Gasteiger partial charge in [0.05, 0.1) is 0 Å². The Morgan fingerprint density at radius 1 is 1.10 bits per heavy atom. The van der Waals surface area contributed by atoms with Crippen molar-refractivity contribution in [3.05, 3.63) is 40.7 Å². The van der Waals surface area contributed by atoms with Gasteiger partial charge in [-0.3, -0.25) is 0 Å². The lowest BCUT2D eigenvalue weighted by Gasteiger charge is -2.14. The third kappa shape index (κ3) is 2.90. The highest BCUT2D eigenvalue weighted by Gasteiger charge is 2.10. The van der Waals surface area contributed by atoms with E-state index in [-0.39, 0.29) is 0 Å². The Morgan fingerprint density at radius 2 is 1.80 bits per heavy atom. The van der Waals surface area contributed by atoms with E-state index in [1.165, 1.54) is 5.56 Å². The molecule has 20 heavy (non-hydrogen) atoms. The van der Waals surface area contributed by atoms with E-state index in [9.17, 15) is 0 Å². The smallest absolute Gasteiger partial charge is 0.224 e. The van der Waals surface area contributed by atoms with Crippen LogP contribution in [0.15, 0.2) is 18.2 Å². The average molecular weight is 271 g/mol. The molecule has 0 saturated carbocycles. The normalized spacial score (nSPS) is 10.4. The van der Waals surface area contributed by atoms with Gasteiger partial charge in [0, 0.05) is 19.5 Å². The van der Waals surface area contributed by atoms with Crippen LogP contribution in [0.2, 0.25) is 0 Å². The molecule has 2 aromatic rings. The lowest BCUT2D eigenvalue weighted by molar-refractivity contribution is 0.452. The van der Waals surface area contributed by atoms with E-state index in [1.54, 1.807) is 0 Å². The summed E-state index contributed by atoms with van der Waals surface area (Å²) >= 11 is 0. The molecule has 4 nitrogen and oxygen atoms in total. The van der Waals surface area contributed by atoms with Crippen molar-refractivity contribution < 1.29 is 4.74 Å². The van der Waals surface area contributed by atoms with Crippen molar-refractivity contribution in [2.75, 3.05) is 12.4 Å². The van der Waals surface area contributed by atoms with Crippen LogP contribution >= 0.6 is 0 Å². The summed E-state index contributed by atoms with van der Waals surface area (Å²) in [6.07, 6.45) is 0.775. The topological polar surface area (TPSA) is 47.0 Å². The SMILES string of the molecule is CCc1nc(NC)cc(Oc2c(C)ccc(C)c2C)n1. The fourth-order valence-corrected chi connectivity index (χ4v) is 2.00. The molecule has 0 amide bonds. The monoisotopic (exact) mass is 271 g/mol. The van der Waals surface area contributed by atoms with Crippen molar-refractivity contribution in [1.29, 1.82) is 0 Å².